The molecule has 1 unspecified atom stereocenters. The molecule has 0 radical (unpaired) electrons. The molecule has 1 saturated heterocycles. The number of carbonyl (C=O) groups is 2. The van der Waals surface area contributed by atoms with Gasteiger partial charge in [0, 0.05) is 12.2 Å². The molecule has 1 aliphatic heterocycles. The lowest BCUT2D eigenvalue weighted by Crippen LogP contribution is -2.58. The highest BCUT2D eigenvalue weighted by Gasteiger charge is 2.46. The number of aryl methyl sites for hydroxylation is 1. The Kier molecular flexibility index (Phi) is 7.22. The topological polar surface area (TPSA) is 78.0 Å². The zero-order valence-electron chi connectivity index (χ0n) is 16.3. The van der Waals surface area contributed by atoms with Crippen LogP contribution in [-0.4, -0.2) is 60.0 Å². The minimum absolute atomic E-state index is 0.112. The van der Waals surface area contributed by atoms with E-state index in [1.165, 1.54) is 12.0 Å². The normalized spacial score (nSPS) is 20.3. The number of nitrogens with zero attached hydrogens (tertiary/aromatic N) is 2. The molecule has 1 fully saturated rings. The Morgan fingerprint density at radius 2 is 2.11 bits per heavy atom. The summed E-state index contributed by atoms with van der Waals surface area (Å²) < 4.78 is 17.0. The lowest BCUT2D eigenvalue weighted by molar-refractivity contribution is -0.181. The number of esters is 1. The van der Waals surface area contributed by atoms with Crippen LogP contribution < -0.4 is 0 Å². The van der Waals surface area contributed by atoms with Crippen molar-refractivity contribution in [1.82, 2.24) is 9.88 Å². The molecule has 7 nitrogen and oxygen atoms in total. The van der Waals surface area contributed by atoms with E-state index in [1.807, 2.05) is 39.0 Å². The quantitative estimate of drug-likeness (QED) is 0.513. The smallest absolute Gasteiger partial charge is 0.410 e. The molecule has 0 aromatic carbocycles. The Bertz CT molecular complexity index is 676. The fourth-order valence-electron chi connectivity index (χ4n) is 2.97. The lowest BCUT2D eigenvalue weighted by Gasteiger charge is -2.40. The summed E-state index contributed by atoms with van der Waals surface area (Å²) in [6.07, 6.45) is 1.33. The van der Waals surface area contributed by atoms with E-state index in [4.69, 9.17) is 14.2 Å². The number of carbonyl (C=O) groups excluding carboxylic acids is 2. The standard InChI is InChI=1S/C19H27BrN2O5/c1-18(2,3)27-17(24)22-11-12-26-19(13-22,16(23)25-4)10-6-8-14-7-5-9-15(20)21-14/h5,7,9H,6,8,10-13H2,1-4H3. The van der Waals surface area contributed by atoms with Gasteiger partial charge in [0.15, 0.2) is 5.60 Å². The van der Waals surface area contributed by atoms with E-state index in [-0.39, 0.29) is 13.2 Å². The molecule has 1 aromatic rings. The molecule has 0 saturated carbocycles. The first-order valence-corrected chi connectivity index (χ1v) is 9.76. The van der Waals surface area contributed by atoms with E-state index in [2.05, 4.69) is 20.9 Å². The van der Waals surface area contributed by atoms with Gasteiger partial charge >= 0.3 is 12.1 Å². The molecule has 0 bridgehead atoms. The van der Waals surface area contributed by atoms with Gasteiger partial charge < -0.3 is 19.1 Å². The van der Waals surface area contributed by atoms with Gasteiger partial charge in [-0.2, -0.15) is 0 Å². The number of pyridine rings is 1. The summed E-state index contributed by atoms with van der Waals surface area (Å²) in [4.78, 5) is 30.8. The van der Waals surface area contributed by atoms with Crippen LogP contribution in [0.3, 0.4) is 0 Å². The molecule has 8 heteroatoms. The molecule has 2 rings (SSSR count). The number of ether oxygens (including phenoxy) is 3. The number of hydrogen-bond acceptors (Lipinski definition) is 6. The van der Waals surface area contributed by atoms with Crippen LogP contribution in [0.1, 0.15) is 39.3 Å². The van der Waals surface area contributed by atoms with Crippen molar-refractivity contribution in [2.45, 2.75) is 51.2 Å². The van der Waals surface area contributed by atoms with Crippen molar-refractivity contribution in [3.63, 3.8) is 0 Å². The maximum Gasteiger partial charge on any atom is 0.410 e. The van der Waals surface area contributed by atoms with Crippen molar-refractivity contribution in [2.75, 3.05) is 26.8 Å². The van der Waals surface area contributed by atoms with Gasteiger partial charge in [0.05, 0.1) is 20.3 Å². The number of methoxy groups -OCH3 is 1. The molecule has 0 spiro atoms. The Balaban J connectivity index is 2.06. The fraction of sp³-hybridized carbons (Fsp3) is 0.632. The van der Waals surface area contributed by atoms with Crippen molar-refractivity contribution in [2.24, 2.45) is 0 Å². The van der Waals surface area contributed by atoms with Crippen molar-refractivity contribution in [3.05, 3.63) is 28.5 Å². The van der Waals surface area contributed by atoms with Crippen LogP contribution >= 0.6 is 15.9 Å². The van der Waals surface area contributed by atoms with E-state index in [0.717, 1.165) is 10.3 Å². The van der Waals surface area contributed by atoms with Gasteiger partial charge in [0.25, 0.3) is 0 Å². The average molecular weight is 443 g/mol. The summed E-state index contributed by atoms with van der Waals surface area (Å²) in [6, 6.07) is 5.72. The molecule has 1 atom stereocenters. The highest BCUT2D eigenvalue weighted by Crippen LogP contribution is 2.27. The maximum absolute atomic E-state index is 12.5. The third-order valence-corrected chi connectivity index (χ3v) is 4.62. The minimum Gasteiger partial charge on any atom is -0.467 e. The molecule has 27 heavy (non-hydrogen) atoms. The van der Waals surface area contributed by atoms with E-state index < -0.39 is 23.3 Å². The summed E-state index contributed by atoms with van der Waals surface area (Å²) >= 11 is 3.36. The van der Waals surface area contributed by atoms with Crippen LogP contribution in [0.2, 0.25) is 0 Å². The predicted octanol–water partition coefficient (Wildman–Crippen LogP) is 3.35. The van der Waals surface area contributed by atoms with Crippen LogP contribution in [0, 0.1) is 0 Å². The van der Waals surface area contributed by atoms with Crippen molar-refractivity contribution in [1.29, 1.82) is 0 Å². The van der Waals surface area contributed by atoms with Gasteiger partial charge in [0.2, 0.25) is 0 Å². The molecule has 0 N–H and O–H groups in total. The zero-order valence-corrected chi connectivity index (χ0v) is 17.9. The Labute approximate surface area is 168 Å². The highest BCUT2D eigenvalue weighted by atomic mass is 79.9. The number of amides is 1. The van der Waals surface area contributed by atoms with Gasteiger partial charge in [-0.25, -0.2) is 14.6 Å². The molecule has 1 aliphatic rings. The molecular weight excluding hydrogens is 416 g/mol. The van der Waals surface area contributed by atoms with E-state index >= 15 is 0 Å². The summed E-state index contributed by atoms with van der Waals surface area (Å²) in [5.74, 6) is -0.474. The molecule has 1 amide bonds. The fourth-order valence-corrected chi connectivity index (χ4v) is 3.35. The predicted molar refractivity (Wildman–Crippen MR) is 103 cm³/mol. The minimum atomic E-state index is -1.18. The number of rotatable bonds is 5. The molecule has 1 aromatic heterocycles. The summed E-state index contributed by atoms with van der Waals surface area (Å²) in [6.45, 7) is 6.17. The largest absolute Gasteiger partial charge is 0.467 e. The summed E-state index contributed by atoms with van der Waals surface area (Å²) in [7, 11) is 1.33. The van der Waals surface area contributed by atoms with E-state index in [1.54, 1.807) is 0 Å². The average Bonchev–Trinajstić information content (AvgIpc) is 2.60. The lowest BCUT2D eigenvalue weighted by atomic mass is 9.93. The van der Waals surface area contributed by atoms with Crippen LogP contribution in [0.5, 0.6) is 0 Å². The van der Waals surface area contributed by atoms with Crippen LogP contribution in [0.15, 0.2) is 22.8 Å². The monoisotopic (exact) mass is 442 g/mol. The molecule has 0 aliphatic carbocycles. The van der Waals surface area contributed by atoms with Gasteiger partial charge in [0.1, 0.15) is 10.2 Å². The van der Waals surface area contributed by atoms with Crippen LogP contribution in [-0.2, 0) is 25.4 Å². The zero-order chi connectivity index (χ0) is 20.1. The molecular formula is C19H27BrN2O5. The number of aromatic nitrogens is 1. The SMILES string of the molecule is COC(=O)C1(CCCc2cccc(Br)n2)CN(C(=O)OC(C)(C)C)CCO1. The second-order valence-corrected chi connectivity index (χ2v) is 8.35. The van der Waals surface area contributed by atoms with Crippen molar-refractivity contribution >= 4 is 28.0 Å². The Hall–Kier alpha value is -1.67. The summed E-state index contributed by atoms with van der Waals surface area (Å²) in [5.41, 5.74) is -0.866. The Morgan fingerprint density at radius 3 is 2.74 bits per heavy atom. The molecule has 2 heterocycles. The second-order valence-electron chi connectivity index (χ2n) is 7.54. The maximum atomic E-state index is 12.5. The van der Waals surface area contributed by atoms with E-state index in [0.29, 0.717) is 25.8 Å². The van der Waals surface area contributed by atoms with E-state index in [9.17, 15) is 9.59 Å². The Morgan fingerprint density at radius 1 is 1.37 bits per heavy atom. The van der Waals surface area contributed by atoms with Crippen LogP contribution in [0.4, 0.5) is 4.79 Å². The first kappa shape index (κ1) is 21.6. The molecule has 150 valence electrons. The van der Waals surface area contributed by atoms with Gasteiger partial charge in [-0.05, 0) is 68.1 Å². The number of halogens is 1. The first-order valence-electron chi connectivity index (χ1n) is 8.97. The third-order valence-electron chi connectivity index (χ3n) is 4.18. The van der Waals surface area contributed by atoms with Gasteiger partial charge in [-0.15, -0.1) is 0 Å². The first-order chi connectivity index (χ1) is 12.6. The van der Waals surface area contributed by atoms with Crippen molar-refractivity contribution in [3.8, 4) is 0 Å². The number of hydrogen-bond donors (Lipinski definition) is 0. The second kappa shape index (κ2) is 9.01. The van der Waals surface area contributed by atoms with Gasteiger partial charge in [-0.3, -0.25) is 0 Å². The van der Waals surface area contributed by atoms with Crippen LogP contribution in [0.25, 0.3) is 0 Å². The highest BCUT2D eigenvalue weighted by molar-refractivity contribution is 9.10. The summed E-state index contributed by atoms with van der Waals surface area (Å²) in [5, 5.41) is 0. The number of morpholine rings is 1. The third kappa shape index (κ3) is 6.17. The van der Waals surface area contributed by atoms with Gasteiger partial charge in [-0.1, -0.05) is 6.07 Å². The van der Waals surface area contributed by atoms with Crippen molar-refractivity contribution < 1.29 is 23.8 Å².